The van der Waals surface area contributed by atoms with Gasteiger partial charge in [0.25, 0.3) is 5.91 Å². The van der Waals surface area contributed by atoms with Crippen LogP contribution in [-0.4, -0.2) is 35.1 Å². The van der Waals surface area contributed by atoms with Gasteiger partial charge < -0.3 is 20.1 Å². The van der Waals surface area contributed by atoms with Crippen LogP contribution in [0.5, 0.6) is 5.75 Å². The van der Waals surface area contributed by atoms with E-state index in [0.717, 1.165) is 22.6 Å². The molecule has 0 fully saturated rings. The molecule has 0 saturated heterocycles. The average Bonchev–Trinajstić information content (AvgIpc) is 3.38. The maximum atomic E-state index is 14.8. The molecular formula is C27H24FN3O4S. The Morgan fingerprint density at radius 1 is 1.11 bits per heavy atom. The fourth-order valence-electron chi connectivity index (χ4n) is 3.52. The van der Waals surface area contributed by atoms with Crippen molar-refractivity contribution in [3.8, 4) is 17.0 Å². The number of rotatable bonds is 9. The fraction of sp³-hybridized carbons (Fsp3) is 0.148. The maximum absolute atomic E-state index is 14.8. The molecule has 1 heterocycles. The van der Waals surface area contributed by atoms with Gasteiger partial charge in [-0.05, 0) is 48.9 Å². The molecule has 1 amide bonds. The fourth-order valence-corrected chi connectivity index (χ4v) is 4.36. The van der Waals surface area contributed by atoms with E-state index in [4.69, 9.17) is 14.8 Å². The molecule has 1 atom stereocenters. The number of carbonyl (C=O) groups excluding carboxylic acids is 1. The van der Waals surface area contributed by atoms with Gasteiger partial charge >= 0.3 is 5.97 Å². The molecule has 0 spiro atoms. The van der Waals surface area contributed by atoms with E-state index in [-0.39, 0.29) is 5.82 Å². The molecule has 7 nitrogen and oxygen atoms in total. The Labute approximate surface area is 211 Å². The van der Waals surface area contributed by atoms with Gasteiger partial charge in [-0.25, -0.2) is 9.37 Å². The minimum Gasteiger partial charge on any atom is -0.497 e. The number of halogens is 1. The van der Waals surface area contributed by atoms with Crippen LogP contribution in [0.2, 0.25) is 0 Å². The number of carbonyl (C=O) groups is 2. The molecule has 0 aliphatic carbocycles. The number of aromatic nitrogens is 1. The highest BCUT2D eigenvalue weighted by atomic mass is 32.1. The van der Waals surface area contributed by atoms with E-state index >= 15 is 0 Å². The number of ether oxygens (including phenoxy) is 1. The van der Waals surface area contributed by atoms with Crippen LogP contribution in [0.15, 0.2) is 78.2 Å². The van der Waals surface area contributed by atoms with Gasteiger partial charge in [-0.15, -0.1) is 11.3 Å². The Kier molecular flexibility index (Phi) is 7.60. The van der Waals surface area contributed by atoms with E-state index in [0.29, 0.717) is 22.9 Å². The zero-order valence-electron chi connectivity index (χ0n) is 19.6. The lowest BCUT2D eigenvalue weighted by atomic mass is 10.1. The number of thiazole rings is 1. The molecule has 184 valence electrons. The highest BCUT2D eigenvalue weighted by Crippen LogP contribution is 2.35. The lowest BCUT2D eigenvalue weighted by Crippen LogP contribution is -2.38. The molecule has 0 aliphatic heterocycles. The smallest absolute Gasteiger partial charge is 0.325 e. The quantitative estimate of drug-likeness (QED) is 0.312. The van der Waals surface area contributed by atoms with Crippen LogP contribution in [0, 0.1) is 5.82 Å². The van der Waals surface area contributed by atoms with Crippen molar-refractivity contribution in [2.45, 2.75) is 19.5 Å². The molecular weight excluding hydrogens is 481 g/mol. The minimum atomic E-state index is -1.11. The van der Waals surface area contributed by atoms with E-state index in [1.165, 1.54) is 24.3 Å². The van der Waals surface area contributed by atoms with Gasteiger partial charge in [-0.1, -0.05) is 36.4 Å². The first-order valence-electron chi connectivity index (χ1n) is 11.1. The zero-order chi connectivity index (χ0) is 25.7. The predicted octanol–water partition coefficient (Wildman–Crippen LogP) is 5.50. The normalized spacial score (nSPS) is 11.5. The molecule has 1 aromatic heterocycles. The summed E-state index contributed by atoms with van der Waals surface area (Å²) in [5, 5.41) is 13.9. The summed E-state index contributed by atoms with van der Waals surface area (Å²) in [6, 6.07) is 19.8. The largest absolute Gasteiger partial charge is 0.497 e. The van der Waals surface area contributed by atoms with E-state index in [2.05, 4.69) is 5.32 Å². The maximum Gasteiger partial charge on any atom is 0.325 e. The Bertz CT molecular complexity index is 1370. The number of carboxylic acids is 1. The molecule has 0 radical (unpaired) electrons. The third-order valence-corrected chi connectivity index (χ3v) is 6.37. The second kappa shape index (κ2) is 11.0. The van der Waals surface area contributed by atoms with Gasteiger partial charge in [0.05, 0.1) is 25.0 Å². The summed E-state index contributed by atoms with van der Waals surface area (Å²) >= 11 is 1.39. The standard InChI is InChI=1S/C27H24FN3O4S/c1-17(26(33)34)29-25(32)19-12-10-18(11-13-19)15-31(24-9-4-3-8-22(24)28)27-30-23(16-36-27)20-6-5-7-21(14-20)35-2/h3-14,16-17H,15H2,1-2H3,(H,29,32)(H,33,34). The molecule has 0 saturated carbocycles. The molecule has 9 heteroatoms. The van der Waals surface area contributed by atoms with Crippen LogP contribution in [0.25, 0.3) is 11.3 Å². The summed E-state index contributed by atoms with van der Waals surface area (Å²) < 4.78 is 20.1. The van der Waals surface area contributed by atoms with Crippen molar-refractivity contribution < 1.29 is 23.8 Å². The molecule has 2 N–H and O–H groups in total. The van der Waals surface area contributed by atoms with Gasteiger partial charge in [-0.3, -0.25) is 9.59 Å². The summed E-state index contributed by atoms with van der Waals surface area (Å²) in [6.07, 6.45) is 0. The summed E-state index contributed by atoms with van der Waals surface area (Å²) in [6.45, 7) is 1.70. The van der Waals surface area contributed by atoms with Gasteiger partial charge in [0.15, 0.2) is 5.13 Å². The molecule has 4 aromatic rings. The van der Waals surface area contributed by atoms with Crippen molar-refractivity contribution in [1.82, 2.24) is 10.3 Å². The summed E-state index contributed by atoms with van der Waals surface area (Å²) in [5.41, 5.74) is 3.16. The summed E-state index contributed by atoms with van der Waals surface area (Å²) in [5.74, 6) is -1.26. The van der Waals surface area contributed by atoms with Crippen molar-refractivity contribution >= 4 is 34.0 Å². The summed E-state index contributed by atoms with van der Waals surface area (Å²) in [4.78, 5) is 29.9. The Balaban J connectivity index is 1.61. The molecule has 1 unspecified atom stereocenters. The Hall–Kier alpha value is -4.24. The molecule has 3 aromatic carbocycles. The second-order valence-electron chi connectivity index (χ2n) is 8.02. The number of anilines is 2. The molecule has 4 rings (SSSR count). The highest BCUT2D eigenvalue weighted by molar-refractivity contribution is 7.14. The monoisotopic (exact) mass is 505 g/mol. The topological polar surface area (TPSA) is 91.8 Å². The number of methoxy groups -OCH3 is 1. The van der Waals surface area contributed by atoms with Crippen molar-refractivity contribution in [3.05, 3.63) is 95.1 Å². The third kappa shape index (κ3) is 5.69. The van der Waals surface area contributed by atoms with Gasteiger partial charge in [-0.2, -0.15) is 0 Å². The number of para-hydroxylation sites is 1. The average molecular weight is 506 g/mol. The lowest BCUT2D eigenvalue weighted by molar-refractivity contribution is -0.138. The minimum absolute atomic E-state index is 0.305. The van der Waals surface area contributed by atoms with Crippen LogP contribution in [-0.2, 0) is 11.3 Å². The lowest BCUT2D eigenvalue weighted by Gasteiger charge is -2.23. The molecule has 0 aliphatic rings. The summed E-state index contributed by atoms with van der Waals surface area (Å²) in [7, 11) is 1.60. The Morgan fingerprint density at radius 2 is 1.86 bits per heavy atom. The van der Waals surface area contributed by atoms with Crippen LogP contribution >= 0.6 is 11.3 Å². The second-order valence-corrected chi connectivity index (χ2v) is 8.85. The zero-order valence-corrected chi connectivity index (χ0v) is 20.5. The van der Waals surface area contributed by atoms with Crippen LogP contribution in [0.4, 0.5) is 15.2 Å². The first-order valence-corrected chi connectivity index (χ1v) is 12.0. The number of aliphatic carboxylic acids is 1. The highest BCUT2D eigenvalue weighted by Gasteiger charge is 2.19. The number of benzene rings is 3. The van der Waals surface area contributed by atoms with Crippen LogP contribution in [0.3, 0.4) is 0 Å². The number of carboxylic acid groups (broad SMARTS) is 1. The number of amides is 1. The van der Waals surface area contributed by atoms with Gasteiger partial charge in [0.1, 0.15) is 17.6 Å². The van der Waals surface area contributed by atoms with Crippen molar-refractivity contribution in [3.63, 3.8) is 0 Å². The number of hydrogen-bond acceptors (Lipinski definition) is 6. The van der Waals surface area contributed by atoms with Gasteiger partial charge in [0, 0.05) is 16.5 Å². The van der Waals surface area contributed by atoms with Gasteiger partial charge in [0.2, 0.25) is 0 Å². The number of hydrogen-bond donors (Lipinski definition) is 2. The number of nitrogens with zero attached hydrogens (tertiary/aromatic N) is 2. The van der Waals surface area contributed by atoms with E-state index in [1.54, 1.807) is 54.5 Å². The van der Waals surface area contributed by atoms with E-state index in [9.17, 15) is 14.0 Å². The molecule has 0 bridgehead atoms. The van der Waals surface area contributed by atoms with Crippen LogP contribution in [0.1, 0.15) is 22.8 Å². The van der Waals surface area contributed by atoms with Crippen molar-refractivity contribution in [1.29, 1.82) is 0 Å². The first-order chi connectivity index (χ1) is 17.4. The van der Waals surface area contributed by atoms with Crippen molar-refractivity contribution in [2.75, 3.05) is 12.0 Å². The third-order valence-electron chi connectivity index (χ3n) is 5.51. The van der Waals surface area contributed by atoms with Crippen LogP contribution < -0.4 is 15.0 Å². The van der Waals surface area contributed by atoms with E-state index < -0.39 is 17.9 Å². The molecule has 36 heavy (non-hydrogen) atoms. The first kappa shape index (κ1) is 24.9. The van der Waals surface area contributed by atoms with E-state index in [1.807, 2.05) is 29.6 Å². The SMILES string of the molecule is COc1cccc(-c2csc(N(Cc3ccc(C(=O)NC(C)C(=O)O)cc3)c3ccccc3F)n2)c1. The predicted molar refractivity (Wildman–Crippen MR) is 137 cm³/mol. The van der Waals surface area contributed by atoms with Crippen molar-refractivity contribution in [2.24, 2.45) is 0 Å². The number of nitrogens with one attached hydrogen (secondary N) is 1. The Morgan fingerprint density at radius 3 is 2.56 bits per heavy atom.